The van der Waals surface area contributed by atoms with E-state index in [0.717, 1.165) is 47.8 Å². The van der Waals surface area contributed by atoms with Crippen LogP contribution in [0.1, 0.15) is 35.0 Å². The van der Waals surface area contributed by atoms with Crippen LogP contribution in [0.5, 0.6) is 0 Å². The van der Waals surface area contributed by atoms with Crippen molar-refractivity contribution in [2.45, 2.75) is 32.2 Å². The first kappa shape index (κ1) is 18.8. The van der Waals surface area contributed by atoms with Crippen LogP contribution < -0.4 is 5.32 Å². The van der Waals surface area contributed by atoms with Crippen molar-refractivity contribution in [3.05, 3.63) is 52.4 Å². The number of hydrogen-bond acceptors (Lipinski definition) is 7. The van der Waals surface area contributed by atoms with Crippen molar-refractivity contribution in [3.8, 4) is 11.3 Å². The lowest BCUT2D eigenvalue weighted by Crippen LogP contribution is -2.42. The first-order valence-electron chi connectivity index (χ1n) is 9.44. The Balaban J connectivity index is 1.41. The van der Waals surface area contributed by atoms with E-state index in [1.54, 1.807) is 23.9 Å². The van der Waals surface area contributed by atoms with Gasteiger partial charge in [0.2, 0.25) is 5.91 Å². The van der Waals surface area contributed by atoms with Crippen LogP contribution in [0, 0.1) is 6.92 Å². The third-order valence-corrected chi connectivity index (χ3v) is 5.81. The molecule has 8 heteroatoms. The lowest BCUT2D eigenvalue weighted by molar-refractivity contribution is -0.122. The number of amides is 1. The third-order valence-electron chi connectivity index (χ3n) is 4.94. The van der Waals surface area contributed by atoms with E-state index in [0.29, 0.717) is 18.8 Å². The van der Waals surface area contributed by atoms with Crippen LogP contribution in [0.4, 0.5) is 0 Å². The monoisotopic (exact) mass is 397 g/mol. The molecule has 1 aliphatic rings. The maximum atomic E-state index is 12.3. The van der Waals surface area contributed by atoms with Gasteiger partial charge in [0.1, 0.15) is 6.33 Å². The summed E-state index contributed by atoms with van der Waals surface area (Å²) < 4.78 is 5.43. The predicted octanol–water partition coefficient (Wildman–Crippen LogP) is 3.00. The summed E-state index contributed by atoms with van der Waals surface area (Å²) in [5.41, 5.74) is 2.68. The first-order valence-corrected chi connectivity index (χ1v) is 10.3. The van der Waals surface area contributed by atoms with Gasteiger partial charge in [0.25, 0.3) is 0 Å². The molecule has 0 aliphatic carbocycles. The summed E-state index contributed by atoms with van der Waals surface area (Å²) in [6, 6.07) is 5.93. The van der Waals surface area contributed by atoms with Gasteiger partial charge < -0.3 is 9.84 Å². The van der Waals surface area contributed by atoms with Crippen LogP contribution in [0.3, 0.4) is 0 Å². The van der Waals surface area contributed by atoms with Crippen LogP contribution in [0.25, 0.3) is 11.3 Å². The summed E-state index contributed by atoms with van der Waals surface area (Å²) in [7, 11) is 0. The lowest BCUT2D eigenvalue weighted by atomic mass is 9.91. The predicted molar refractivity (Wildman–Crippen MR) is 107 cm³/mol. The maximum absolute atomic E-state index is 12.3. The molecule has 1 atom stereocenters. The van der Waals surface area contributed by atoms with Gasteiger partial charge in [-0.25, -0.2) is 9.97 Å². The second-order valence-corrected chi connectivity index (χ2v) is 8.12. The van der Waals surface area contributed by atoms with Crippen molar-refractivity contribution < 1.29 is 9.32 Å². The Bertz CT molecular complexity index is 924. The minimum atomic E-state index is 0.0582. The molecule has 3 aromatic rings. The number of hydrogen-bond donors (Lipinski definition) is 1. The molecular formula is C20H23N5O2S. The second kappa shape index (κ2) is 8.62. The van der Waals surface area contributed by atoms with Crippen molar-refractivity contribution in [2.24, 2.45) is 0 Å². The fourth-order valence-corrected chi connectivity index (χ4v) is 4.27. The number of aryl methyl sites for hydroxylation is 1. The molecule has 1 saturated heterocycles. The van der Waals surface area contributed by atoms with Gasteiger partial charge in [0, 0.05) is 29.6 Å². The van der Waals surface area contributed by atoms with Gasteiger partial charge in [0.05, 0.1) is 30.0 Å². The van der Waals surface area contributed by atoms with Gasteiger partial charge in [-0.3, -0.25) is 9.69 Å². The Morgan fingerprint density at radius 3 is 3.18 bits per heavy atom. The number of aromatic nitrogens is 3. The molecule has 1 unspecified atom stereocenters. The SMILES string of the molecule is Cc1cc(-c2cncnc2C2CCCN(CC(=O)NCc3cccs3)C2)on1. The number of thiophene rings is 1. The van der Waals surface area contributed by atoms with E-state index in [2.05, 4.69) is 25.3 Å². The molecule has 146 valence electrons. The average molecular weight is 398 g/mol. The molecule has 28 heavy (non-hydrogen) atoms. The molecule has 7 nitrogen and oxygen atoms in total. The van der Waals surface area contributed by atoms with E-state index in [9.17, 15) is 4.79 Å². The molecule has 4 heterocycles. The van der Waals surface area contributed by atoms with Crippen LogP contribution >= 0.6 is 11.3 Å². The van der Waals surface area contributed by atoms with E-state index in [1.165, 1.54) is 0 Å². The van der Waals surface area contributed by atoms with Crippen molar-refractivity contribution in [1.82, 2.24) is 25.3 Å². The minimum Gasteiger partial charge on any atom is -0.356 e. The van der Waals surface area contributed by atoms with Crippen molar-refractivity contribution in [2.75, 3.05) is 19.6 Å². The Morgan fingerprint density at radius 1 is 1.46 bits per heavy atom. The van der Waals surface area contributed by atoms with Crippen molar-refractivity contribution in [3.63, 3.8) is 0 Å². The van der Waals surface area contributed by atoms with Crippen LogP contribution in [0.2, 0.25) is 0 Å². The van der Waals surface area contributed by atoms with Gasteiger partial charge in [-0.2, -0.15) is 0 Å². The van der Waals surface area contributed by atoms with Crippen LogP contribution in [-0.2, 0) is 11.3 Å². The highest BCUT2D eigenvalue weighted by Crippen LogP contribution is 2.32. The second-order valence-electron chi connectivity index (χ2n) is 7.08. The first-order chi connectivity index (χ1) is 13.7. The van der Waals surface area contributed by atoms with Gasteiger partial charge in [-0.05, 0) is 37.8 Å². The smallest absolute Gasteiger partial charge is 0.234 e. The fraction of sp³-hybridized carbons (Fsp3) is 0.400. The van der Waals surface area contributed by atoms with Crippen molar-refractivity contribution >= 4 is 17.2 Å². The van der Waals surface area contributed by atoms with Crippen LogP contribution in [0.15, 0.2) is 40.6 Å². The van der Waals surface area contributed by atoms with Crippen molar-refractivity contribution in [1.29, 1.82) is 0 Å². The highest BCUT2D eigenvalue weighted by molar-refractivity contribution is 7.09. The summed E-state index contributed by atoms with van der Waals surface area (Å²) in [5.74, 6) is 0.990. The molecule has 1 aliphatic heterocycles. The van der Waals surface area contributed by atoms with E-state index in [1.807, 2.05) is 30.5 Å². The summed E-state index contributed by atoms with van der Waals surface area (Å²) in [4.78, 5) is 24.4. The molecular weight excluding hydrogens is 374 g/mol. The number of nitrogens with zero attached hydrogens (tertiary/aromatic N) is 4. The summed E-state index contributed by atoms with van der Waals surface area (Å²) in [5, 5.41) is 9.01. The van der Waals surface area contributed by atoms with E-state index < -0.39 is 0 Å². The van der Waals surface area contributed by atoms with Crippen LogP contribution in [-0.4, -0.2) is 45.6 Å². The molecule has 0 saturated carbocycles. The Hall–Kier alpha value is -2.58. The summed E-state index contributed by atoms with van der Waals surface area (Å²) >= 11 is 1.65. The number of nitrogens with one attached hydrogen (secondary N) is 1. The molecule has 0 radical (unpaired) electrons. The van der Waals surface area contributed by atoms with Gasteiger partial charge in [0.15, 0.2) is 5.76 Å². The standard InChI is InChI=1S/C20H23N5O2S/c1-14-8-18(27-24-14)17-10-21-13-23-20(17)15-4-2-6-25(11-15)12-19(26)22-9-16-5-3-7-28-16/h3,5,7-8,10,13,15H,2,4,6,9,11-12H2,1H3,(H,22,26). The summed E-state index contributed by atoms with van der Waals surface area (Å²) in [6.45, 7) is 4.61. The number of carbonyl (C=O) groups is 1. The highest BCUT2D eigenvalue weighted by atomic mass is 32.1. The average Bonchev–Trinajstić information content (AvgIpc) is 3.38. The quantitative estimate of drug-likeness (QED) is 0.688. The largest absolute Gasteiger partial charge is 0.356 e. The molecule has 0 spiro atoms. The number of rotatable bonds is 6. The Morgan fingerprint density at radius 2 is 2.39 bits per heavy atom. The number of piperidine rings is 1. The molecule has 4 rings (SSSR count). The Labute approximate surface area is 167 Å². The zero-order valence-corrected chi connectivity index (χ0v) is 16.6. The fourth-order valence-electron chi connectivity index (χ4n) is 3.62. The van der Waals surface area contributed by atoms with Gasteiger partial charge in [-0.15, -0.1) is 11.3 Å². The lowest BCUT2D eigenvalue weighted by Gasteiger charge is -2.32. The van der Waals surface area contributed by atoms with E-state index in [-0.39, 0.29) is 11.8 Å². The zero-order valence-electron chi connectivity index (χ0n) is 15.8. The molecule has 1 amide bonds. The van der Waals surface area contributed by atoms with E-state index >= 15 is 0 Å². The number of likely N-dealkylation sites (tertiary alicyclic amines) is 1. The molecule has 0 bridgehead atoms. The third kappa shape index (κ3) is 4.45. The highest BCUT2D eigenvalue weighted by Gasteiger charge is 2.27. The molecule has 1 N–H and O–H groups in total. The molecule has 0 aromatic carbocycles. The Kier molecular flexibility index (Phi) is 5.78. The topological polar surface area (TPSA) is 84.2 Å². The summed E-state index contributed by atoms with van der Waals surface area (Å²) in [6.07, 6.45) is 5.43. The number of carbonyl (C=O) groups excluding carboxylic acids is 1. The van der Waals surface area contributed by atoms with E-state index in [4.69, 9.17) is 4.52 Å². The van der Waals surface area contributed by atoms with Gasteiger partial charge in [-0.1, -0.05) is 11.2 Å². The minimum absolute atomic E-state index is 0.0582. The normalized spacial score (nSPS) is 17.5. The maximum Gasteiger partial charge on any atom is 0.234 e. The molecule has 1 fully saturated rings. The molecule has 3 aromatic heterocycles. The zero-order chi connectivity index (χ0) is 19.3. The van der Waals surface area contributed by atoms with Gasteiger partial charge >= 0.3 is 0 Å².